The van der Waals surface area contributed by atoms with Crippen LogP contribution in [-0.2, 0) is 0 Å². The first kappa shape index (κ1) is 14.2. The largest absolute Gasteiger partial charge is 0.489 e. The van der Waals surface area contributed by atoms with Crippen molar-refractivity contribution in [2.24, 2.45) is 0 Å². The molecule has 4 heteroatoms. The van der Waals surface area contributed by atoms with Gasteiger partial charge < -0.3 is 14.5 Å². The first-order valence-corrected chi connectivity index (χ1v) is 6.61. The second-order valence-corrected chi connectivity index (χ2v) is 4.94. The second kappa shape index (κ2) is 5.82. The molecular weight excluding hydrogens is 254 g/mol. The molecule has 1 heterocycles. The standard InChI is InChI=1S/C16H19NO3/c1-10(2)19-15-8-6-5-7-14(15)17-16(18)13-9-11(3)20-12(13)4/h5-10H,1-4H3,(H,17,18). The van der Waals surface area contributed by atoms with Gasteiger partial charge in [-0.05, 0) is 45.9 Å². The Balaban J connectivity index is 2.22. The number of ether oxygens (including phenoxy) is 1. The van der Waals surface area contributed by atoms with Crippen LogP contribution >= 0.6 is 0 Å². The molecule has 0 bridgehead atoms. The van der Waals surface area contributed by atoms with Gasteiger partial charge >= 0.3 is 0 Å². The number of aryl methyl sites for hydroxylation is 2. The van der Waals surface area contributed by atoms with Crippen LogP contribution in [0.25, 0.3) is 0 Å². The van der Waals surface area contributed by atoms with E-state index in [2.05, 4.69) is 5.32 Å². The van der Waals surface area contributed by atoms with E-state index < -0.39 is 0 Å². The molecule has 2 rings (SSSR count). The number of carbonyl (C=O) groups is 1. The highest BCUT2D eigenvalue weighted by molar-refractivity contribution is 6.05. The fourth-order valence-electron chi connectivity index (χ4n) is 1.97. The maximum Gasteiger partial charge on any atom is 0.259 e. The molecule has 0 atom stereocenters. The normalized spacial score (nSPS) is 10.7. The average molecular weight is 273 g/mol. The lowest BCUT2D eigenvalue weighted by atomic mass is 10.2. The van der Waals surface area contributed by atoms with E-state index in [0.29, 0.717) is 22.8 Å². The number of hydrogen-bond donors (Lipinski definition) is 1. The van der Waals surface area contributed by atoms with E-state index in [4.69, 9.17) is 9.15 Å². The third kappa shape index (κ3) is 3.20. The maximum absolute atomic E-state index is 12.3. The predicted molar refractivity (Wildman–Crippen MR) is 78.3 cm³/mol. The lowest BCUT2D eigenvalue weighted by Gasteiger charge is -2.14. The van der Waals surface area contributed by atoms with E-state index >= 15 is 0 Å². The van der Waals surface area contributed by atoms with E-state index in [1.54, 1.807) is 13.0 Å². The van der Waals surface area contributed by atoms with Crippen molar-refractivity contribution < 1.29 is 13.9 Å². The maximum atomic E-state index is 12.3. The third-order valence-corrected chi connectivity index (χ3v) is 2.78. The van der Waals surface area contributed by atoms with Gasteiger partial charge in [-0.15, -0.1) is 0 Å². The summed E-state index contributed by atoms with van der Waals surface area (Å²) in [6.45, 7) is 7.49. The monoisotopic (exact) mass is 273 g/mol. The van der Waals surface area contributed by atoms with Crippen molar-refractivity contribution in [1.29, 1.82) is 0 Å². The van der Waals surface area contributed by atoms with Crippen molar-refractivity contribution in [3.8, 4) is 5.75 Å². The summed E-state index contributed by atoms with van der Waals surface area (Å²) in [5.41, 5.74) is 1.20. The Hall–Kier alpha value is -2.23. The minimum absolute atomic E-state index is 0.0472. The molecule has 0 radical (unpaired) electrons. The van der Waals surface area contributed by atoms with Gasteiger partial charge in [0.2, 0.25) is 0 Å². The number of carbonyl (C=O) groups excluding carboxylic acids is 1. The Morgan fingerprint density at radius 3 is 2.55 bits per heavy atom. The lowest BCUT2D eigenvalue weighted by molar-refractivity contribution is 0.102. The Labute approximate surface area is 118 Å². The summed E-state index contributed by atoms with van der Waals surface area (Å²) in [7, 11) is 0. The van der Waals surface area contributed by atoms with Gasteiger partial charge in [0.1, 0.15) is 17.3 Å². The van der Waals surface area contributed by atoms with Crippen LogP contribution in [-0.4, -0.2) is 12.0 Å². The van der Waals surface area contributed by atoms with E-state index in [-0.39, 0.29) is 12.0 Å². The third-order valence-electron chi connectivity index (χ3n) is 2.78. The van der Waals surface area contributed by atoms with Crippen LogP contribution in [0.2, 0.25) is 0 Å². The Morgan fingerprint density at radius 2 is 1.95 bits per heavy atom. The van der Waals surface area contributed by atoms with Crippen molar-refractivity contribution in [1.82, 2.24) is 0 Å². The van der Waals surface area contributed by atoms with Gasteiger partial charge in [-0.3, -0.25) is 4.79 Å². The summed E-state index contributed by atoms with van der Waals surface area (Å²) in [5.74, 6) is 1.80. The highest BCUT2D eigenvalue weighted by atomic mass is 16.5. The van der Waals surface area contributed by atoms with Crippen LogP contribution in [0.15, 0.2) is 34.7 Å². The van der Waals surface area contributed by atoms with Gasteiger partial charge in [0.15, 0.2) is 0 Å². The van der Waals surface area contributed by atoms with Crippen LogP contribution in [0.4, 0.5) is 5.69 Å². The molecule has 1 aromatic heterocycles. The van der Waals surface area contributed by atoms with E-state index in [9.17, 15) is 4.79 Å². The summed E-state index contributed by atoms with van der Waals surface area (Å²) in [5, 5.41) is 2.86. The van der Waals surface area contributed by atoms with Crippen LogP contribution in [0.1, 0.15) is 35.7 Å². The van der Waals surface area contributed by atoms with Crippen molar-refractivity contribution >= 4 is 11.6 Å². The zero-order chi connectivity index (χ0) is 14.7. The molecule has 106 valence electrons. The fraction of sp³-hybridized carbons (Fsp3) is 0.312. The van der Waals surface area contributed by atoms with Crippen molar-refractivity contribution in [2.45, 2.75) is 33.8 Å². The quantitative estimate of drug-likeness (QED) is 0.918. The Bertz CT molecular complexity index is 614. The molecule has 1 amide bonds. The van der Waals surface area contributed by atoms with Crippen LogP contribution in [0.3, 0.4) is 0 Å². The molecule has 0 fully saturated rings. The number of amides is 1. The summed E-state index contributed by atoms with van der Waals surface area (Å²) in [4.78, 5) is 12.3. The van der Waals surface area contributed by atoms with Gasteiger partial charge in [-0.25, -0.2) is 0 Å². The Kier molecular flexibility index (Phi) is 4.13. The minimum Gasteiger partial charge on any atom is -0.489 e. The molecule has 0 spiro atoms. The van der Waals surface area contributed by atoms with Crippen LogP contribution in [0.5, 0.6) is 5.75 Å². The van der Waals surface area contributed by atoms with Crippen LogP contribution < -0.4 is 10.1 Å². The fourth-order valence-corrected chi connectivity index (χ4v) is 1.97. The zero-order valence-corrected chi connectivity index (χ0v) is 12.2. The molecule has 0 aliphatic rings. The van der Waals surface area contributed by atoms with Gasteiger partial charge in [-0.1, -0.05) is 12.1 Å². The molecule has 4 nitrogen and oxygen atoms in total. The molecule has 0 aliphatic heterocycles. The lowest BCUT2D eigenvalue weighted by Crippen LogP contribution is -2.14. The SMILES string of the molecule is Cc1cc(C(=O)Nc2ccccc2OC(C)C)c(C)o1. The highest BCUT2D eigenvalue weighted by Gasteiger charge is 2.15. The number of rotatable bonds is 4. The van der Waals surface area contributed by atoms with Gasteiger partial charge in [-0.2, -0.15) is 0 Å². The predicted octanol–water partition coefficient (Wildman–Crippen LogP) is 3.94. The zero-order valence-electron chi connectivity index (χ0n) is 12.2. The number of furan rings is 1. The smallest absolute Gasteiger partial charge is 0.259 e. The minimum atomic E-state index is -0.195. The first-order chi connectivity index (χ1) is 9.47. The topological polar surface area (TPSA) is 51.5 Å². The molecule has 0 aliphatic carbocycles. The number of hydrogen-bond acceptors (Lipinski definition) is 3. The molecule has 0 saturated carbocycles. The summed E-state index contributed by atoms with van der Waals surface area (Å²) < 4.78 is 11.1. The number of para-hydroxylation sites is 2. The summed E-state index contributed by atoms with van der Waals surface area (Å²) in [6, 6.07) is 9.12. The molecule has 0 saturated heterocycles. The van der Waals surface area contributed by atoms with Crippen molar-refractivity contribution in [3.63, 3.8) is 0 Å². The molecule has 2 aromatic rings. The van der Waals surface area contributed by atoms with Crippen LogP contribution in [0, 0.1) is 13.8 Å². The number of anilines is 1. The Morgan fingerprint density at radius 1 is 1.25 bits per heavy atom. The van der Waals surface area contributed by atoms with Crippen molar-refractivity contribution in [2.75, 3.05) is 5.32 Å². The second-order valence-electron chi connectivity index (χ2n) is 4.94. The highest BCUT2D eigenvalue weighted by Crippen LogP contribution is 2.26. The molecule has 1 aromatic carbocycles. The van der Waals surface area contributed by atoms with Gasteiger partial charge in [0.05, 0.1) is 17.4 Å². The molecule has 20 heavy (non-hydrogen) atoms. The molecule has 0 unspecified atom stereocenters. The van der Waals surface area contributed by atoms with Gasteiger partial charge in [0.25, 0.3) is 5.91 Å². The first-order valence-electron chi connectivity index (χ1n) is 6.61. The number of benzene rings is 1. The van der Waals surface area contributed by atoms with Crippen molar-refractivity contribution in [3.05, 3.63) is 47.4 Å². The summed E-state index contributed by atoms with van der Waals surface area (Å²) in [6.07, 6.45) is 0.0472. The molecule has 1 N–H and O–H groups in total. The van der Waals surface area contributed by atoms with E-state index in [1.165, 1.54) is 0 Å². The van der Waals surface area contributed by atoms with Gasteiger partial charge in [0, 0.05) is 0 Å². The summed E-state index contributed by atoms with van der Waals surface area (Å²) >= 11 is 0. The molecular formula is C16H19NO3. The number of nitrogens with one attached hydrogen (secondary N) is 1. The van der Waals surface area contributed by atoms with E-state index in [1.807, 2.05) is 45.0 Å². The average Bonchev–Trinajstić information content (AvgIpc) is 2.70. The van der Waals surface area contributed by atoms with E-state index in [0.717, 1.165) is 5.76 Å².